The van der Waals surface area contributed by atoms with Crippen LogP contribution in [0.25, 0.3) is 5.65 Å². The number of nitrogens with zero attached hydrogens (tertiary/aromatic N) is 3. The predicted octanol–water partition coefficient (Wildman–Crippen LogP) is 1.95. The summed E-state index contributed by atoms with van der Waals surface area (Å²) < 4.78 is 15.0. The molecule has 64 valence electrons. The van der Waals surface area contributed by atoms with E-state index in [1.807, 2.05) is 28.7 Å². The summed E-state index contributed by atoms with van der Waals surface area (Å²) >= 11 is 1.88. The minimum absolute atomic E-state index is 0.338. The molecule has 0 unspecified atom stereocenters. The van der Waals surface area contributed by atoms with Gasteiger partial charge in [-0.15, -0.1) is 0 Å². The second-order valence-corrected chi connectivity index (χ2v) is 3.61. The van der Waals surface area contributed by atoms with E-state index < -0.39 is 0 Å². The van der Waals surface area contributed by atoms with Gasteiger partial charge in [-0.1, -0.05) is 0 Å². The fraction of sp³-hybridized carbons (Fsp3) is 0. The molecule has 2 aromatic rings. The minimum atomic E-state index is -0.345. The second-order valence-electron chi connectivity index (χ2n) is 2.45. The highest BCUT2D eigenvalue weighted by molar-refractivity contribution is 14.1. The number of nitriles is 1. The van der Waals surface area contributed by atoms with Crippen LogP contribution in [0.2, 0.25) is 0 Å². The average molecular weight is 287 g/mol. The highest BCUT2D eigenvalue weighted by Crippen LogP contribution is 2.14. The smallest absolute Gasteiger partial charge is 0.153 e. The van der Waals surface area contributed by atoms with E-state index in [-0.39, 0.29) is 5.82 Å². The SMILES string of the molecule is N#Cc1cnc2cc(I)c(F)cn12. The molecule has 0 aliphatic rings. The van der Waals surface area contributed by atoms with E-state index in [0.29, 0.717) is 14.9 Å². The Hall–Kier alpha value is -1.16. The van der Waals surface area contributed by atoms with Crippen LogP contribution < -0.4 is 0 Å². The first-order valence-corrected chi connectivity index (χ1v) is 4.52. The van der Waals surface area contributed by atoms with Crippen molar-refractivity contribution in [1.29, 1.82) is 5.26 Å². The number of aromatic nitrogens is 2. The molecule has 0 spiro atoms. The van der Waals surface area contributed by atoms with Gasteiger partial charge < -0.3 is 0 Å². The molecule has 2 heterocycles. The molecule has 0 aliphatic heterocycles. The maximum atomic E-state index is 13.1. The van der Waals surface area contributed by atoms with E-state index in [1.165, 1.54) is 16.8 Å². The fourth-order valence-electron chi connectivity index (χ4n) is 1.06. The Labute approximate surface area is 87.0 Å². The number of pyridine rings is 1. The quantitative estimate of drug-likeness (QED) is 0.695. The largest absolute Gasteiger partial charge is 0.288 e. The molecule has 0 saturated carbocycles. The van der Waals surface area contributed by atoms with E-state index in [4.69, 9.17) is 5.26 Å². The van der Waals surface area contributed by atoms with Gasteiger partial charge in [-0.3, -0.25) is 4.40 Å². The minimum Gasteiger partial charge on any atom is -0.288 e. The summed E-state index contributed by atoms with van der Waals surface area (Å²) in [4.78, 5) is 3.96. The molecule has 0 aliphatic carbocycles. The predicted molar refractivity (Wildman–Crippen MR) is 52.6 cm³/mol. The fourth-order valence-corrected chi connectivity index (χ4v) is 1.48. The molecule has 0 saturated heterocycles. The highest BCUT2D eigenvalue weighted by atomic mass is 127. The molecular weight excluding hydrogens is 284 g/mol. The molecule has 0 fully saturated rings. The van der Waals surface area contributed by atoms with Crippen molar-refractivity contribution in [3.8, 4) is 6.07 Å². The van der Waals surface area contributed by atoms with E-state index >= 15 is 0 Å². The van der Waals surface area contributed by atoms with E-state index in [2.05, 4.69) is 4.98 Å². The lowest BCUT2D eigenvalue weighted by Crippen LogP contribution is -1.92. The number of imidazole rings is 1. The summed E-state index contributed by atoms with van der Waals surface area (Å²) in [6, 6.07) is 3.52. The van der Waals surface area contributed by atoms with Crippen LogP contribution in [-0.4, -0.2) is 9.38 Å². The molecule has 0 N–H and O–H groups in total. The van der Waals surface area contributed by atoms with Crippen LogP contribution >= 0.6 is 22.6 Å². The van der Waals surface area contributed by atoms with Gasteiger partial charge in [0.2, 0.25) is 0 Å². The summed E-state index contributed by atoms with van der Waals surface area (Å²) in [5.41, 5.74) is 0.924. The van der Waals surface area contributed by atoms with Crippen molar-refractivity contribution in [3.63, 3.8) is 0 Å². The molecule has 2 rings (SSSR count). The first-order valence-electron chi connectivity index (χ1n) is 3.44. The molecule has 2 aromatic heterocycles. The molecule has 3 nitrogen and oxygen atoms in total. The van der Waals surface area contributed by atoms with Gasteiger partial charge in [-0.2, -0.15) is 5.26 Å². The third kappa shape index (κ3) is 1.27. The van der Waals surface area contributed by atoms with Crippen molar-refractivity contribution >= 4 is 28.2 Å². The lowest BCUT2D eigenvalue weighted by atomic mass is 10.4. The van der Waals surface area contributed by atoms with Crippen LogP contribution in [0.5, 0.6) is 0 Å². The molecule has 0 bridgehead atoms. The van der Waals surface area contributed by atoms with Gasteiger partial charge >= 0.3 is 0 Å². The molecule has 13 heavy (non-hydrogen) atoms. The van der Waals surface area contributed by atoms with Crippen LogP contribution in [-0.2, 0) is 0 Å². The second kappa shape index (κ2) is 2.96. The van der Waals surface area contributed by atoms with Crippen molar-refractivity contribution in [2.24, 2.45) is 0 Å². The van der Waals surface area contributed by atoms with E-state index in [1.54, 1.807) is 6.07 Å². The number of halogens is 2. The Morgan fingerprint density at radius 1 is 1.62 bits per heavy atom. The molecule has 5 heteroatoms. The van der Waals surface area contributed by atoms with Gasteiger partial charge in [-0.25, -0.2) is 9.37 Å². The Bertz CT molecular complexity index is 512. The maximum absolute atomic E-state index is 13.1. The van der Waals surface area contributed by atoms with Gasteiger partial charge in [0.25, 0.3) is 0 Å². The number of hydrogen-bond donors (Lipinski definition) is 0. The lowest BCUT2D eigenvalue weighted by Gasteiger charge is -1.96. The van der Waals surface area contributed by atoms with Crippen LogP contribution in [0.15, 0.2) is 18.5 Å². The van der Waals surface area contributed by atoms with Crippen molar-refractivity contribution in [1.82, 2.24) is 9.38 Å². The van der Waals surface area contributed by atoms with Crippen LogP contribution in [0, 0.1) is 20.7 Å². The third-order valence-corrected chi connectivity index (χ3v) is 2.49. The molecule has 0 aromatic carbocycles. The average Bonchev–Trinajstić information content (AvgIpc) is 2.48. The van der Waals surface area contributed by atoms with Crippen molar-refractivity contribution < 1.29 is 4.39 Å². The molecular formula is C8H3FIN3. The van der Waals surface area contributed by atoms with Crippen LogP contribution in [0.4, 0.5) is 4.39 Å². The normalized spacial score (nSPS) is 10.2. The number of rotatable bonds is 0. The first kappa shape index (κ1) is 8.44. The summed E-state index contributed by atoms with van der Waals surface area (Å²) in [5, 5.41) is 8.65. The summed E-state index contributed by atoms with van der Waals surface area (Å²) in [7, 11) is 0. The summed E-state index contributed by atoms with van der Waals surface area (Å²) in [6.07, 6.45) is 2.69. The van der Waals surface area contributed by atoms with Crippen molar-refractivity contribution in [3.05, 3.63) is 33.5 Å². The van der Waals surface area contributed by atoms with Gasteiger partial charge in [0, 0.05) is 6.20 Å². The molecule has 0 amide bonds. The zero-order chi connectivity index (χ0) is 9.42. The monoisotopic (exact) mass is 287 g/mol. The Kier molecular flexibility index (Phi) is 1.92. The molecule has 0 radical (unpaired) electrons. The standard InChI is InChI=1S/C8H3FIN3/c9-6-4-13-5(2-11)3-12-8(13)1-7(6)10/h1,3-4H. The van der Waals surface area contributed by atoms with Gasteiger partial charge in [0.1, 0.15) is 17.4 Å². The first-order chi connectivity index (χ1) is 6.22. The Balaban J connectivity index is 2.86. The van der Waals surface area contributed by atoms with E-state index in [0.717, 1.165) is 0 Å². The van der Waals surface area contributed by atoms with Crippen molar-refractivity contribution in [2.75, 3.05) is 0 Å². The van der Waals surface area contributed by atoms with Crippen LogP contribution in [0.1, 0.15) is 5.69 Å². The molecule has 0 atom stereocenters. The number of hydrogen-bond acceptors (Lipinski definition) is 2. The zero-order valence-electron chi connectivity index (χ0n) is 6.33. The lowest BCUT2D eigenvalue weighted by molar-refractivity contribution is 0.611. The van der Waals surface area contributed by atoms with Gasteiger partial charge in [0.15, 0.2) is 5.82 Å². The van der Waals surface area contributed by atoms with Crippen molar-refractivity contribution in [2.45, 2.75) is 0 Å². The topological polar surface area (TPSA) is 41.1 Å². The Morgan fingerprint density at radius 3 is 3.08 bits per heavy atom. The zero-order valence-corrected chi connectivity index (χ0v) is 8.49. The maximum Gasteiger partial charge on any atom is 0.153 e. The summed E-state index contributed by atoms with van der Waals surface area (Å²) in [5.74, 6) is -0.345. The third-order valence-electron chi connectivity index (χ3n) is 1.67. The summed E-state index contributed by atoms with van der Waals surface area (Å²) in [6.45, 7) is 0. The van der Waals surface area contributed by atoms with Gasteiger partial charge in [-0.05, 0) is 28.7 Å². The van der Waals surface area contributed by atoms with Crippen LogP contribution in [0.3, 0.4) is 0 Å². The van der Waals surface area contributed by atoms with E-state index in [9.17, 15) is 4.39 Å². The number of fused-ring (bicyclic) bond motifs is 1. The van der Waals surface area contributed by atoms with Gasteiger partial charge in [0.05, 0.1) is 9.77 Å². The highest BCUT2D eigenvalue weighted by Gasteiger charge is 2.06. The Morgan fingerprint density at radius 2 is 2.38 bits per heavy atom.